The van der Waals surface area contributed by atoms with Gasteiger partial charge in [-0.3, -0.25) is 4.79 Å². The van der Waals surface area contributed by atoms with Crippen LogP contribution in [0.25, 0.3) is 0 Å². The second kappa shape index (κ2) is 8.65. The molecular weight excluding hydrogens is 376 g/mol. The predicted molar refractivity (Wildman–Crippen MR) is 106 cm³/mol. The topological polar surface area (TPSA) is 55.4 Å². The molecule has 0 unspecified atom stereocenters. The third-order valence-electron chi connectivity index (χ3n) is 4.31. The zero-order valence-electron chi connectivity index (χ0n) is 15.9. The van der Waals surface area contributed by atoms with Crippen molar-refractivity contribution in [1.29, 1.82) is 0 Å². The Morgan fingerprint density at radius 2 is 1.55 bits per heavy atom. The number of esters is 1. The molecule has 3 aromatic rings. The van der Waals surface area contributed by atoms with E-state index in [1.165, 1.54) is 0 Å². The summed E-state index contributed by atoms with van der Waals surface area (Å²) in [6, 6.07) is 16.4. The summed E-state index contributed by atoms with van der Waals surface area (Å²) in [5, 5.41) is 2.76. The van der Waals surface area contributed by atoms with Crippen LogP contribution in [0.5, 0.6) is 0 Å². The normalized spacial score (nSPS) is 11.6. The molecule has 0 saturated heterocycles. The number of ether oxygens (including phenoxy) is 1. The van der Waals surface area contributed by atoms with Gasteiger partial charge in [0.15, 0.2) is 0 Å². The number of aryl methyl sites for hydroxylation is 2. The Balaban J connectivity index is 1.89. The summed E-state index contributed by atoms with van der Waals surface area (Å²) >= 11 is 0. The summed E-state index contributed by atoms with van der Waals surface area (Å²) in [4.78, 5) is 25.4. The number of rotatable bonds is 5. The number of hydrogen-bond donors (Lipinski definition) is 1. The first-order valence-electron chi connectivity index (χ1n) is 8.93. The van der Waals surface area contributed by atoms with E-state index >= 15 is 0 Å². The van der Waals surface area contributed by atoms with Gasteiger partial charge in [0, 0.05) is 17.3 Å². The van der Waals surface area contributed by atoms with Crippen molar-refractivity contribution in [1.82, 2.24) is 0 Å². The van der Waals surface area contributed by atoms with Crippen LogP contribution in [0, 0.1) is 25.5 Å². The van der Waals surface area contributed by atoms with Crippen LogP contribution < -0.4 is 5.32 Å². The van der Waals surface area contributed by atoms with Gasteiger partial charge in [-0.2, -0.15) is 0 Å². The van der Waals surface area contributed by atoms with Crippen LogP contribution in [-0.4, -0.2) is 11.9 Å². The van der Waals surface area contributed by atoms with Gasteiger partial charge < -0.3 is 10.1 Å². The van der Waals surface area contributed by atoms with E-state index in [1.807, 2.05) is 26.0 Å². The number of carbonyl (C=O) groups is 2. The van der Waals surface area contributed by atoms with Crippen LogP contribution in [0.1, 0.15) is 33.2 Å². The third kappa shape index (κ3) is 5.04. The molecule has 0 aliphatic carbocycles. The van der Waals surface area contributed by atoms with Gasteiger partial charge in [0.1, 0.15) is 11.6 Å². The van der Waals surface area contributed by atoms with Crippen LogP contribution in [0.15, 0.2) is 66.7 Å². The summed E-state index contributed by atoms with van der Waals surface area (Å²) in [6.45, 7) is 3.73. The van der Waals surface area contributed by atoms with E-state index in [4.69, 9.17) is 4.74 Å². The van der Waals surface area contributed by atoms with E-state index in [0.29, 0.717) is 17.3 Å². The van der Waals surface area contributed by atoms with Gasteiger partial charge >= 0.3 is 5.97 Å². The highest BCUT2D eigenvalue weighted by Gasteiger charge is 2.26. The second-order valence-electron chi connectivity index (χ2n) is 6.66. The fraction of sp³-hybridized carbons (Fsp3) is 0.130. The number of benzene rings is 3. The molecule has 0 bridgehead atoms. The van der Waals surface area contributed by atoms with E-state index < -0.39 is 29.6 Å². The van der Waals surface area contributed by atoms with Gasteiger partial charge in [0.2, 0.25) is 6.10 Å². The highest BCUT2D eigenvalue weighted by molar-refractivity contribution is 5.98. The minimum absolute atomic E-state index is 0.317. The largest absolute Gasteiger partial charge is 0.444 e. The highest BCUT2D eigenvalue weighted by Crippen LogP contribution is 2.24. The number of halogens is 2. The maximum atomic E-state index is 13.4. The van der Waals surface area contributed by atoms with Crippen LogP contribution in [-0.2, 0) is 9.53 Å². The van der Waals surface area contributed by atoms with Gasteiger partial charge in [-0.15, -0.1) is 0 Å². The molecule has 29 heavy (non-hydrogen) atoms. The van der Waals surface area contributed by atoms with Gasteiger partial charge in [0.05, 0.1) is 5.56 Å². The summed E-state index contributed by atoms with van der Waals surface area (Å²) < 4.78 is 32.3. The second-order valence-corrected chi connectivity index (χ2v) is 6.66. The molecule has 0 aliphatic heterocycles. The maximum absolute atomic E-state index is 13.4. The molecule has 0 aromatic heterocycles. The lowest BCUT2D eigenvalue weighted by Crippen LogP contribution is -2.26. The number of amides is 1. The minimum atomic E-state index is -1.30. The molecule has 1 atom stereocenters. The smallest absolute Gasteiger partial charge is 0.339 e. The molecule has 0 radical (unpaired) electrons. The van der Waals surface area contributed by atoms with E-state index in [1.54, 1.807) is 36.4 Å². The third-order valence-corrected chi connectivity index (χ3v) is 4.31. The fourth-order valence-corrected chi connectivity index (χ4v) is 2.82. The maximum Gasteiger partial charge on any atom is 0.339 e. The lowest BCUT2D eigenvalue weighted by Gasteiger charge is -2.19. The van der Waals surface area contributed by atoms with Crippen LogP contribution in [0.4, 0.5) is 14.5 Å². The van der Waals surface area contributed by atoms with Crippen molar-refractivity contribution in [3.63, 3.8) is 0 Å². The Labute approximate surface area is 167 Å². The summed E-state index contributed by atoms with van der Waals surface area (Å²) in [6.07, 6.45) is -1.30. The first-order chi connectivity index (χ1) is 13.8. The van der Waals surface area contributed by atoms with Gasteiger partial charge in [-0.25, -0.2) is 13.6 Å². The lowest BCUT2D eigenvalue weighted by atomic mass is 10.1. The van der Waals surface area contributed by atoms with Gasteiger partial charge in [0.25, 0.3) is 5.91 Å². The van der Waals surface area contributed by atoms with Crippen molar-refractivity contribution in [2.75, 3.05) is 5.32 Å². The monoisotopic (exact) mass is 395 g/mol. The molecule has 6 heteroatoms. The average Bonchev–Trinajstić information content (AvgIpc) is 2.68. The minimum Gasteiger partial charge on any atom is -0.444 e. The van der Waals surface area contributed by atoms with Crippen molar-refractivity contribution >= 4 is 17.6 Å². The van der Waals surface area contributed by atoms with Crippen molar-refractivity contribution in [3.8, 4) is 0 Å². The summed E-state index contributed by atoms with van der Waals surface area (Å²) in [5.74, 6) is -3.40. The molecule has 0 spiro atoms. The fourth-order valence-electron chi connectivity index (χ4n) is 2.82. The molecule has 0 saturated carbocycles. The van der Waals surface area contributed by atoms with Gasteiger partial charge in [-0.05, 0) is 43.2 Å². The Hall–Kier alpha value is -3.54. The van der Waals surface area contributed by atoms with Crippen molar-refractivity contribution in [2.45, 2.75) is 20.0 Å². The SMILES string of the molecule is Cc1ccc(C)c(NC(=O)[C@@H](OC(=O)c2cc(F)cc(F)c2)c2ccccc2)c1. The Kier molecular flexibility index (Phi) is 6.02. The molecule has 3 aromatic carbocycles. The van der Waals surface area contributed by atoms with Crippen LogP contribution in [0.2, 0.25) is 0 Å². The van der Waals surface area contributed by atoms with Crippen molar-refractivity contribution in [2.24, 2.45) is 0 Å². The Bertz CT molecular complexity index is 1030. The molecule has 4 nitrogen and oxygen atoms in total. The highest BCUT2D eigenvalue weighted by atomic mass is 19.1. The number of nitrogens with one attached hydrogen (secondary N) is 1. The Morgan fingerprint density at radius 1 is 0.897 bits per heavy atom. The molecule has 1 N–H and O–H groups in total. The quantitative estimate of drug-likeness (QED) is 0.610. The predicted octanol–water partition coefficient (Wildman–Crippen LogP) is 5.12. The van der Waals surface area contributed by atoms with E-state index in [0.717, 1.165) is 23.3 Å². The molecule has 0 aliphatic rings. The van der Waals surface area contributed by atoms with Crippen molar-refractivity contribution in [3.05, 3.63) is 101 Å². The summed E-state index contributed by atoms with van der Waals surface area (Å²) in [7, 11) is 0. The number of carbonyl (C=O) groups excluding carboxylic acids is 2. The Morgan fingerprint density at radius 3 is 2.21 bits per heavy atom. The average molecular weight is 395 g/mol. The standard InChI is InChI=1S/C23H19F2NO3/c1-14-8-9-15(2)20(10-14)26-22(27)21(16-6-4-3-5-7-16)29-23(28)17-11-18(24)13-19(25)12-17/h3-13,21H,1-2H3,(H,26,27)/t21-/m0/s1. The molecule has 3 rings (SSSR count). The molecule has 0 fully saturated rings. The number of anilines is 1. The lowest BCUT2D eigenvalue weighted by molar-refractivity contribution is -0.125. The molecule has 1 amide bonds. The van der Waals surface area contributed by atoms with Crippen molar-refractivity contribution < 1.29 is 23.1 Å². The van der Waals surface area contributed by atoms with Crippen LogP contribution >= 0.6 is 0 Å². The molecule has 0 heterocycles. The summed E-state index contributed by atoms with van der Waals surface area (Å²) in [5.41, 5.74) is 2.50. The van der Waals surface area contributed by atoms with E-state index in [2.05, 4.69) is 5.32 Å². The van der Waals surface area contributed by atoms with E-state index in [9.17, 15) is 18.4 Å². The molecule has 148 valence electrons. The number of hydrogen-bond acceptors (Lipinski definition) is 3. The first-order valence-corrected chi connectivity index (χ1v) is 8.93. The first kappa shape index (κ1) is 20.2. The van der Waals surface area contributed by atoms with E-state index in [-0.39, 0.29) is 5.56 Å². The van der Waals surface area contributed by atoms with Crippen LogP contribution in [0.3, 0.4) is 0 Å². The zero-order valence-corrected chi connectivity index (χ0v) is 15.9. The zero-order chi connectivity index (χ0) is 21.0. The molecular formula is C23H19F2NO3. The van der Waals surface area contributed by atoms with Gasteiger partial charge in [-0.1, -0.05) is 42.5 Å².